The highest BCUT2D eigenvalue weighted by Gasteiger charge is 2.23. The quantitative estimate of drug-likeness (QED) is 0.859. The zero-order valence-electron chi connectivity index (χ0n) is 15.4. The van der Waals surface area contributed by atoms with Crippen molar-refractivity contribution in [2.45, 2.75) is 6.04 Å². The van der Waals surface area contributed by atoms with Crippen molar-refractivity contribution in [1.82, 2.24) is 15.2 Å². The topological polar surface area (TPSA) is 57.7 Å². The van der Waals surface area contributed by atoms with Gasteiger partial charge in [0.15, 0.2) is 0 Å². The van der Waals surface area contributed by atoms with Crippen LogP contribution < -0.4 is 10.2 Å². The molecule has 26 heavy (non-hydrogen) atoms. The molecular formula is C20H26N4O2. The molecule has 0 bridgehead atoms. The fourth-order valence-corrected chi connectivity index (χ4v) is 3.27. The Kier molecular flexibility index (Phi) is 6.20. The van der Waals surface area contributed by atoms with Crippen molar-refractivity contribution < 1.29 is 9.53 Å². The van der Waals surface area contributed by atoms with E-state index in [-0.39, 0.29) is 11.9 Å². The maximum absolute atomic E-state index is 12.8. The fourth-order valence-electron chi connectivity index (χ4n) is 3.27. The molecule has 6 nitrogen and oxygen atoms in total. The number of para-hydroxylation sites is 1. The molecule has 0 radical (unpaired) electrons. The summed E-state index contributed by atoms with van der Waals surface area (Å²) in [7, 11) is 3.89. The van der Waals surface area contributed by atoms with Crippen LogP contribution in [-0.2, 0) is 4.74 Å². The number of carbonyl (C=O) groups is 1. The van der Waals surface area contributed by atoms with Gasteiger partial charge in [0, 0.05) is 51.8 Å². The number of anilines is 1. The highest BCUT2D eigenvalue weighted by atomic mass is 16.5. The molecule has 1 N–H and O–H groups in total. The first kappa shape index (κ1) is 18.4. The third-order valence-electron chi connectivity index (χ3n) is 4.66. The lowest BCUT2D eigenvalue weighted by atomic mass is 10.1. The first-order valence-corrected chi connectivity index (χ1v) is 8.93. The van der Waals surface area contributed by atoms with Crippen molar-refractivity contribution in [2.75, 3.05) is 51.8 Å². The van der Waals surface area contributed by atoms with Crippen LogP contribution in [0.25, 0.3) is 0 Å². The number of carbonyl (C=O) groups excluding carboxylic acids is 1. The predicted octanol–water partition coefficient (Wildman–Crippen LogP) is 1.95. The lowest BCUT2D eigenvalue weighted by molar-refractivity contribution is 0.0162. The average molecular weight is 354 g/mol. The highest BCUT2D eigenvalue weighted by molar-refractivity contribution is 5.99. The molecule has 6 heteroatoms. The molecule has 1 aromatic carbocycles. The fraction of sp³-hybridized carbons (Fsp3) is 0.400. The molecule has 1 aliphatic rings. The van der Waals surface area contributed by atoms with E-state index in [1.165, 1.54) is 0 Å². The number of amides is 1. The number of benzene rings is 1. The molecule has 3 rings (SSSR count). The lowest BCUT2D eigenvalue weighted by Gasteiger charge is -2.35. The van der Waals surface area contributed by atoms with E-state index in [0.29, 0.717) is 12.1 Å². The van der Waals surface area contributed by atoms with Crippen LogP contribution in [0.3, 0.4) is 0 Å². The number of nitrogens with zero attached hydrogens (tertiary/aromatic N) is 3. The van der Waals surface area contributed by atoms with Crippen LogP contribution in [0.1, 0.15) is 22.0 Å². The van der Waals surface area contributed by atoms with Gasteiger partial charge < -0.3 is 15.0 Å². The smallest absolute Gasteiger partial charge is 0.253 e. The van der Waals surface area contributed by atoms with Gasteiger partial charge in [-0.25, -0.2) is 0 Å². The molecule has 2 aromatic rings. The summed E-state index contributed by atoms with van der Waals surface area (Å²) in [5.74, 6) is -0.0541. The van der Waals surface area contributed by atoms with Crippen LogP contribution >= 0.6 is 0 Å². The zero-order chi connectivity index (χ0) is 18.4. The minimum atomic E-state index is -0.0541. The van der Waals surface area contributed by atoms with Gasteiger partial charge in [0.25, 0.3) is 5.91 Å². The van der Waals surface area contributed by atoms with Gasteiger partial charge in [-0.05, 0) is 29.8 Å². The number of nitrogens with one attached hydrogen (secondary N) is 1. The van der Waals surface area contributed by atoms with Crippen molar-refractivity contribution in [2.24, 2.45) is 0 Å². The Hall–Kier alpha value is -2.44. The minimum Gasteiger partial charge on any atom is -0.379 e. The van der Waals surface area contributed by atoms with Crippen LogP contribution in [0, 0.1) is 0 Å². The largest absolute Gasteiger partial charge is 0.379 e. The van der Waals surface area contributed by atoms with E-state index < -0.39 is 0 Å². The summed E-state index contributed by atoms with van der Waals surface area (Å²) in [4.78, 5) is 21.2. The van der Waals surface area contributed by atoms with Gasteiger partial charge in [0.2, 0.25) is 0 Å². The summed E-state index contributed by atoms with van der Waals surface area (Å²) >= 11 is 0. The van der Waals surface area contributed by atoms with Crippen LogP contribution in [0.15, 0.2) is 48.8 Å². The minimum absolute atomic E-state index is 0.0541. The van der Waals surface area contributed by atoms with Crippen molar-refractivity contribution >= 4 is 11.6 Å². The number of ether oxygens (including phenoxy) is 1. The van der Waals surface area contributed by atoms with Gasteiger partial charge >= 0.3 is 0 Å². The molecule has 1 amide bonds. The van der Waals surface area contributed by atoms with E-state index in [2.05, 4.69) is 15.2 Å². The summed E-state index contributed by atoms with van der Waals surface area (Å²) < 4.78 is 5.48. The SMILES string of the molecule is CN(C)c1ccccc1C(=O)NC[C@H](c1ccncc1)N1CCOCC1. The van der Waals surface area contributed by atoms with Gasteiger partial charge in [0.05, 0.1) is 24.8 Å². The monoisotopic (exact) mass is 354 g/mol. The van der Waals surface area contributed by atoms with E-state index >= 15 is 0 Å². The molecule has 1 atom stereocenters. The molecule has 0 aliphatic carbocycles. The molecule has 1 aromatic heterocycles. The normalized spacial score (nSPS) is 16.1. The van der Waals surface area contributed by atoms with E-state index in [4.69, 9.17) is 4.74 Å². The molecular weight excluding hydrogens is 328 g/mol. The molecule has 1 fully saturated rings. The lowest BCUT2D eigenvalue weighted by Crippen LogP contribution is -2.44. The molecule has 138 valence electrons. The van der Waals surface area contributed by atoms with Crippen LogP contribution in [0.5, 0.6) is 0 Å². The van der Waals surface area contributed by atoms with Crippen molar-refractivity contribution in [3.63, 3.8) is 0 Å². The van der Waals surface area contributed by atoms with Crippen LogP contribution in [0.2, 0.25) is 0 Å². The van der Waals surface area contributed by atoms with Crippen molar-refractivity contribution in [1.29, 1.82) is 0 Å². The number of rotatable bonds is 6. The van der Waals surface area contributed by atoms with Crippen molar-refractivity contribution in [3.8, 4) is 0 Å². The van der Waals surface area contributed by atoms with E-state index in [1.807, 2.05) is 55.4 Å². The maximum Gasteiger partial charge on any atom is 0.253 e. The van der Waals surface area contributed by atoms with E-state index in [1.54, 1.807) is 12.4 Å². The Labute approximate surface area is 154 Å². The molecule has 0 saturated carbocycles. The predicted molar refractivity (Wildman–Crippen MR) is 102 cm³/mol. The number of hydrogen-bond donors (Lipinski definition) is 1. The highest BCUT2D eigenvalue weighted by Crippen LogP contribution is 2.22. The summed E-state index contributed by atoms with van der Waals surface area (Å²) in [6.07, 6.45) is 3.60. The standard InChI is InChI=1S/C20H26N4O2/c1-23(2)18-6-4-3-5-17(18)20(25)22-15-19(16-7-9-21-10-8-16)24-11-13-26-14-12-24/h3-10,19H,11-15H2,1-2H3,(H,22,25)/t19-/m1/s1. The molecule has 1 aliphatic heterocycles. The molecule has 1 saturated heterocycles. The molecule has 0 unspecified atom stereocenters. The van der Waals surface area contributed by atoms with Gasteiger partial charge in [-0.2, -0.15) is 0 Å². The van der Waals surface area contributed by atoms with Gasteiger partial charge in [-0.1, -0.05) is 12.1 Å². The summed E-state index contributed by atoms with van der Waals surface area (Å²) in [5, 5.41) is 3.12. The number of aromatic nitrogens is 1. The first-order chi connectivity index (χ1) is 12.7. The Bertz CT molecular complexity index is 715. The van der Waals surface area contributed by atoms with Gasteiger partial charge in [0.1, 0.15) is 0 Å². The number of morpholine rings is 1. The third-order valence-corrected chi connectivity index (χ3v) is 4.66. The number of pyridine rings is 1. The Balaban J connectivity index is 1.74. The Morgan fingerprint density at radius 2 is 1.88 bits per heavy atom. The third kappa shape index (κ3) is 4.39. The summed E-state index contributed by atoms with van der Waals surface area (Å²) in [5.41, 5.74) is 2.76. The second kappa shape index (κ2) is 8.78. The second-order valence-corrected chi connectivity index (χ2v) is 6.57. The Morgan fingerprint density at radius 1 is 1.19 bits per heavy atom. The second-order valence-electron chi connectivity index (χ2n) is 6.57. The zero-order valence-corrected chi connectivity index (χ0v) is 15.4. The van der Waals surface area contributed by atoms with Crippen molar-refractivity contribution in [3.05, 3.63) is 59.9 Å². The average Bonchev–Trinajstić information content (AvgIpc) is 2.69. The van der Waals surface area contributed by atoms with Gasteiger partial charge in [-0.15, -0.1) is 0 Å². The number of hydrogen-bond acceptors (Lipinski definition) is 5. The summed E-state index contributed by atoms with van der Waals surface area (Å²) in [6, 6.07) is 11.8. The van der Waals surface area contributed by atoms with E-state index in [0.717, 1.165) is 37.6 Å². The maximum atomic E-state index is 12.8. The molecule has 0 spiro atoms. The Morgan fingerprint density at radius 3 is 2.58 bits per heavy atom. The van der Waals surface area contributed by atoms with Crippen LogP contribution in [0.4, 0.5) is 5.69 Å². The van der Waals surface area contributed by atoms with E-state index in [9.17, 15) is 4.79 Å². The van der Waals surface area contributed by atoms with Gasteiger partial charge in [-0.3, -0.25) is 14.7 Å². The first-order valence-electron chi connectivity index (χ1n) is 8.93. The van der Waals surface area contributed by atoms with Crippen LogP contribution in [-0.4, -0.2) is 62.7 Å². The summed E-state index contributed by atoms with van der Waals surface area (Å²) in [6.45, 7) is 3.71. The molecule has 2 heterocycles.